The minimum atomic E-state index is -0.231. The first kappa shape index (κ1) is 13.6. The Balaban J connectivity index is 1.93. The van der Waals surface area contributed by atoms with Gasteiger partial charge in [0.05, 0.1) is 5.41 Å². The van der Waals surface area contributed by atoms with Gasteiger partial charge >= 0.3 is 0 Å². The van der Waals surface area contributed by atoms with Gasteiger partial charge in [-0.15, -0.1) is 11.3 Å². The molecule has 2 heterocycles. The highest BCUT2D eigenvalue weighted by molar-refractivity contribution is 7.10. The molecule has 1 aliphatic heterocycles. The van der Waals surface area contributed by atoms with E-state index >= 15 is 0 Å². The average Bonchev–Trinajstić information content (AvgIpc) is 2.97. The van der Waals surface area contributed by atoms with E-state index in [0.29, 0.717) is 6.54 Å². The number of thiophene rings is 1. The van der Waals surface area contributed by atoms with Crippen molar-refractivity contribution in [2.24, 2.45) is 5.41 Å². The van der Waals surface area contributed by atoms with Crippen molar-refractivity contribution in [3.8, 4) is 0 Å². The fourth-order valence-corrected chi connectivity index (χ4v) is 3.13. The number of hydrogen-bond donors (Lipinski definition) is 2. The first-order valence-corrected chi connectivity index (χ1v) is 7.35. The van der Waals surface area contributed by atoms with E-state index in [1.807, 2.05) is 6.92 Å². The lowest BCUT2D eigenvalue weighted by Gasteiger charge is -2.27. The van der Waals surface area contributed by atoms with Gasteiger partial charge in [-0.25, -0.2) is 0 Å². The molecular formula is C14H22N2OS. The summed E-state index contributed by atoms with van der Waals surface area (Å²) >= 11 is 1.75. The molecular weight excluding hydrogens is 244 g/mol. The summed E-state index contributed by atoms with van der Waals surface area (Å²) in [6, 6.07) is 4.20. The molecule has 1 aliphatic rings. The van der Waals surface area contributed by atoms with Crippen LogP contribution in [0.3, 0.4) is 0 Å². The summed E-state index contributed by atoms with van der Waals surface area (Å²) in [7, 11) is 0. The lowest BCUT2D eigenvalue weighted by atomic mass is 9.87. The smallest absolute Gasteiger partial charge is 0.227 e. The van der Waals surface area contributed by atoms with Crippen LogP contribution < -0.4 is 10.6 Å². The Labute approximate surface area is 113 Å². The van der Waals surface area contributed by atoms with Crippen molar-refractivity contribution in [2.75, 3.05) is 19.6 Å². The molecule has 0 aromatic carbocycles. The Morgan fingerprint density at radius 1 is 1.61 bits per heavy atom. The van der Waals surface area contributed by atoms with E-state index in [9.17, 15) is 4.79 Å². The van der Waals surface area contributed by atoms with Crippen molar-refractivity contribution in [1.29, 1.82) is 0 Å². The lowest BCUT2D eigenvalue weighted by molar-refractivity contribution is -0.129. The van der Waals surface area contributed by atoms with Crippen molar-refractivity contribution in [1.82, 2.24) is 10.6 Å². The Hall–Kier alpha value is -0.870. The maximum absolute atomic E-state index is 12.2. The monoisotopic (exact) mass is 266 g/mol. The molecule has 1 atom stereocenters. The molecule has 1 saturated heterocycles. The van der Waals surface area contributed by atoms with E-state index < -0.39 is 0 Å². The van der Waals surface area contributed by atoms with Crippen LogP contribution in [0.2, 0.25) is 0 Å². The van der Waals surface area contributed by atoms with E-state index in [-0.39, 0.29) is 16.7 Å². The van der Waals surface area contributed by atoms with E-state index in [0.717, 1.165) is 19.5 Å². The molecule has 2 N–H and O–H groups in total. The van der Waals surface area contributed by atoms with Gasteiger partial charge in [0.15, 0.2) is 0 Å². The van der Waals surface area contributed by atoms with Crippen LogP contribution in [-0.4, -0.2) is 25.5 Å². The van der Waals surface area contributed by atoms with Gasteiger partial charge < -0.3 is 10.6 Å². The zero-order valence-electron chi connectivity index (χ0n) is 11.4. The third-order valence-electron chi connectivity index (χ3n) is 3.80. The van der Waals surface area contributed by atoms with Gasteiger partial charge in [0.2, 0.25) is 5.91 Å². The summed E-state index contributed by atoms with van der Waals surface area (Å²) in [6.07, 6.45) is 0.929. The molecule has 1 aromatic heterocycles. The first-order chi connectivity index (χ1) is 8.44. The van der Waals surface area contributed by atoms with Crippen LogP contribution >= 0.6 is 11.3 Å². The third kappa shape index (κ3) is 2.75. The second-order valence-electron chi connectivity index (χ2n) is 6.03. The number of carbonyl (C=O) groups excluding carboxylic acids is 1. The van der Waals surface area contributed by atoms with E-state index in [1.165, 1.54) is 4.88 Å². The Kier molecular flexibility index (Phi) is 3.78. The molecule has 1 aromatic rings. The minimum absolute atomic E-state index is 0.00617. The number of rotatable bonds is 4. The van der Waals surface area contributed by atoms with Gasteiger partial charge in [-0.1, -0.05) is 19.9 Å². The van der Waals surface area contributed by atoms with Crippen LogP contribution in [0.5, 0.6) is 0 Å². The third-order valence-corrected chi connectivity index (χ3v) is 5.03. The highest BCUT2D eigenvalue weighted by Gasteiger charge is 2.37. The average molecular weight is 266 g/mol. The van der Waals surface area contributed by atoms with Crippen molar-refractivity contribution >= 4 is 17.2 Å². The molecule has 0 radical (unpaired) electrons. The molecule has 3 nitrogen and oxygen atoms in total. The van der Waals surface area contributed by atoms with Gasteiger partial charge in [0.1, 0.15) is 0 Å². The molecule has 100 valence electrons. The van der Waals surface area contributed by atoms with Crippen LogP contribution in [0.25, 0.3) is 0 Å². The van der Waals surface area contributed by atoms with Crippen LogP contribution in [0.15, 0.2) is 17.5 Å². The fourth-order valence-electron chi connectivity index (χ4n) is 2.28. The molecule has 4 heteroatoms. The molecule has 1 unspecified atom stereocenters. The number of amides is 1. The van der Waals surface area contributed by atoms with Gasteiger partial charge in [0.25, 0.3) is 0 Å². The van der Waals surface area contributed by atoms with E-state index in [2.05, 4.69) is 42.0 Å². The SMILES string of the molecule is CC1(C(=O)NCC(C)(C)c2cccs2)CCNC1. The van der Waals surface area contributed by atoms with Crippen molar-refractivity contribution in [3.05, 3.63) is 22.4 Å². The maximum atomic E-state index is 12.2. The lowest BCUT2D eigenvalue weighted by Crippen LogP contribution is -2.44. The summed E-state index contributed by atoms with van der Waals surface area (Å²) < 4.78 is 0. The van der Waals surface area contributed by atoms with Crippen molar-refractivity contribution in [2.45, 2.75) is 32.6 Å². The Morgan fingerprint density at radius 2 is 2.39 bits per heavy atom. The molecule has 0 saturated carbocycles. The number of hydrogen-bond acceptors (Lipinski definition) is 3. The zero-order valence-corrected chi connectivity index (χ0v) is 12.2. The molecule has 1 fully saturated rings. The summed E-state index contributed by atoms with van der Waals surface area (Å²) in [4.78, 5) is 13.6. The molecule has 2 rings (SSSR count). The van der Waals surface area contributed by atoms with Crippen molar-refractivity contribution < 1.29 is 4.79 Å². The summed E-state index contributed by atoms with van der Waals surface area (Å²) in [6.45, 7) is 8.82. The predicted molar refractivity (Wildman–Crippen MR) is 75.9 cm³/mol. The second kappa shape index (κ2) is 5.02. The molecule has 0 aliphatic carbocycles. The Morgan fingerprint density at radius 3 is 2.94 bits per heavy atom. The van der Waals surface area contributed by atoms with Crippen LogP contribution in [0, 0.1) is 5.41 Å². The van der Waals surface area contributed by atoms with E-state index in [4.69, 9.17) is 0 Å². The number of nitrogens with one attached hydrogen (secondary N) is 2. The summed E-state index contributed by atoms with van der Waals surface area (Å²) in [5.41, 5.74) is -0.224. The molecule has 0 bridgehead atoms. The molecule has 0 spiro atoms. The largest absolute Gasteiger partial charge is 0.355 e. The van der Waals surface area contributed by atoms with Gasteiger partial charge in [-0.2, -0.15) is 0 Å². The molecule has 18 heavy (non-hydrogen) atoms. The Bertz CT molecular complexity index is 405. The van der Waals surface area contributed by atoms with E-state index in [1.54, 1.807) is 11.3 Å². The van der Waals surface area contributed by atoms with Gasteiger partial charge in [-0.3, -0.25) is 4.79 Å². The highest BCUT2D eigenvalue weighted by Crippen LogP contribution is 2.28. The standard InChI is InChI=1S/C14H22N2OS/c1-13(2,11-5-4-8-18-11)9-16-12(17)14(3)6-7-15-10-14/h4-5,8,15H,6-7,9-10H2,1-3H3,(H,16,17). The first-order valence-electron chi connectivity index (χ1n) is 6.47. The van der Waals surface area contributed by atoms with Crippen LogP contribution in [-0.2, 0) is 10.2 Å². The summed E-state index contributed by atoms with van der Waals surface area (Å²) in [5, 5.41) is 8.47. The molecule has 1 amide bonds. The van der Waals surface area contributed by atoms with Gasteiger partial charge in [0, 0.05) is 23.4 Å². The van der Waals surface area contributed by atoms with Crippen LogP contribution in [0.4, 0.5) is 0 Å². The maximum Gasteiger partial charge on any atom is 0.227 e. The van der Waals surface area contributed by atoms with Crippen LogP contribution in [0.1, 0.15) is 32.1 Å². The topological polar surface area (TPSA) is 41.1 Å². The highest BCUT2D eigenvalue weighted by atomic mass is 32.1. The normalized spacial score (nSPS) is 24.2. The zero-order chi connectivity index (χ0) is 13.2. The van der Waals surface area contributed by atoms with Gasteiger partial charge in [-0.05, 0) is 31.3 Å². The quantitative estimate of drug-likeness (QED) is 0.876. The predicted octanol–water partition coefficient (Wildman–Crippen LogP) is 2.14. The van der Waals surface area contributed by atoms with Crippen molar-refractivity contribution in [3.63, 3.8) is 0 Å². The minimum Gasteiger partial charge on any atom is -0.355 e. The fraction of sp³-hybridized carbons (Fsp3) is 0.643. The summed E-state index contributed by atoms with van der Waals surface area (Å²) in [5.74, 6) is 0.178. The second-order valence-corrected chi connectivity index (χ2v) is 6.98. The number of carbonyl (C=O) groups is 1.